The standard InChI is InChI=1S/C62H48N4/c1-61(2)55-39-42(50-38-37-49(51-27-17-18-28-52(50)51)41-29-32-47(33-30-41)65(43-19-9-5-10-20-43)44-21-11-6-12-22-44)31-35-53(55)57-59(61)64-58-54-36-34-48(40-56(54)62(3,4)60(58)63-57)66(45-23-13-7-14-24-45)46-25-15-8-16-26-46/h5-40H,1-4H3. The van der Waals surface area contributed by atoms with Crippen LogP contribution in [-0.4, -0.2) is 9.97 Å². The molecule has 0 bridgehead atoms. The molecule has 9 aromatic carbocycles. The molecule has 4 heteroatoms. The van der Waals surface area contributed by atoms with E-state index in [-0.39, 0.29) is 10.8 Å². The first-order chi connectivity index (χ1) is 32.3. The van der Waals surface area contributed by atoms with Gasteiger partial charge in [0.25, 0.3) is 0 Å². The van der Waals surface area contributed by atoms with E-state index in [0.29, 0.717) is 0 Å². The van der Waals surface area contributed by atoms with Gasteiger partial charge in [-0.25, -0.2) is 9.97 Å². The lowest BCUT2D eigenvalue weighted by Crippen LogP contribution is -2.20. The van der Waals surface area contributed by atoms with E-state index in [0.717, 1.165) is 62.5 Å². The Morgan fingerprint density at radius 1 is 0.303 bits per heavy atom. The van der Waals surface area contributed by atoms with Gasteiger partial charge in [-0.1, -0.05) is 167 Å². The first kappa shape index (κ1) is 39.5. The monoisotopic (exact) mass is 848 g/mol. The third-order valence-electron chi connectivity index (χ3n) is 13.9. The van der Waals surface area contributed by atoms with E-state index in [1.54, 1.807) is 0 Å². The van der Waals surface area contributed by atoms with E-state index < -0.39 is 0 Å². The second-order valence-electron chi connectivity index (χ2n) is 18.6. The number of fused-ring (bicyclic) bond motifs is 7. The number of anilines is 6. The molecule has 1 aromatic heterocycles. The van der Waals surface area contributed by atoms with Crippen molar-refractivity contribution in [3.63, 3.8) is 0 Å². The van der Waals surface area contributed by atoms with Crippen molar-refractivity contribution in [3.05, 3.63) is 241 Å². The van der Waals surface area contributed by atoms with Gasteiger partial charge in [-0.15, -0.1) is 0 Å². The summed E-state index contributed by atoms with van der Waals surface area (Å²) in [6.07, 6.45) is 0. The molecule has 0 spiro atoms. The summed E-state index contributed by atoms with van der Waals surface area (Å²) in [6, 6.07) is 78.6. The number of hydrogen-bond acceptors (Lipinski definition) is 4. The molecule has 10 aromatic rings. The summed E-state index contributed by atoms with van der Waals surface area (Å²) >= 11 is 0. The van der Waals surface area contributed by atoms with E-state index >= 15 is 0 Å². The average molecular weight is 849 g/mol. The smallest absolute Gasteiger partial charge is 0.0933 e. The Morgan fingerprint density at radius 2 is 0.636 bits per heavy atom. The van der Waals surface area contributed by atoms with Gasteiger partial charge in [-0.05, 0) is 123 Å². The Labute approximate surface area is 387 Å². The van der Waals surface area contributed by atoms with Crippen molar-refractivity contribution in [1.29, 1.82) is 0 Å². The van der Waals surface area contributed by atoms with Crippen LogP contribution < -0.4 is 9.80 Å². The molecule has 1 heterocycles. The molecule has 0 saturated carbocycles. The van der Waals surface area contributed by atoms with Crippen LogP contribution in [0.2, 0.25) is 0 Å². The van der Waals surface area contributed by atoms with Crippen molar-refractivity contribution >= 4 is 44.9 Å². The second-order valence-corrected chi connectivity index (χ2v) is 18.6. The van der Waals surface area contributed by atoms with Gasteiger partial charge in [-0.2, -0.15) is 0 Å². The summed E-state index contributed by atoms with van der Waals surface area (Å²) in [5.41, 5.74) is 19.7. The zero-order valence-electron chi connectivity index (χ0n) is 37.6. The van der Waals surface area contributed by atoms with Crippen molar-refractivity contribution in [2.24, 2.45) is 0 Å². The summed E-state index contributed by atoms with van der Waals surface area (Å²) in [5, 5.41) is 2.46. The topological polar surface area (TPSA) is 32.3 Å². The maximum atomic E-state index is 5.60. The molecular formula is C62H48N4. The lowest BCUT2D eigenvalue weighted by Gasteiger charge is -2.27. The molecule has 316 valence electrons. The Morgan fingerprint density at radius 3 is 1.11 bits per heavy atom. The van der Waals surface area contributed by atoms with Crippen LogP contribution in [0.25, 0.3) is 55.5 Å². The van der Waals surface area contributed by atoms with Crippen molar-refractivity contribution < 1.29 is 0 Å². The van der Waals surface area contributed by atoms with E-state index in [1.165, 1.54) is 49.7 Å². The van der Waals surface area contributed by atoms with Crippen LogP contribution >= 0.6 is 0 Å². The molecule has 0 radical (unpaired) electrons. The highest BCUT2D eigenvalue weighted by Gasteiger charge is 2.45. The predicted molar refractivity (Wildman–Crippen MR) is 275 cm³/mol. The van der Waals surface area contributed by atoms with Gasteiger partial charge in [-0.3, -0.25) is 0 Å². The third kappa shape index (κ3) is 6.28. The summed E-state index contributed by atoms with van der Waals surface area (Å²) < 4.78 is 0. The lowest BCUT2D eigenvalue weighted by atomic mass is 9.83. The van der Waals surface area contributed by atoms with Gasteiger partial charge in [0, 0.05) is 56.1 Å². The van der Waals surface area contributed by atoms with Gasteiger partial charge < -0.3 is 9.80 Å². The normalized spacial score (nSPS) is 13.7. The predicted octanol–water partition coefficient (Wildman–Crippen LogP) is 16.5. The zero-order chi connectivity index (χ0) is 44.6. The number of para-hydroxylation sites is 4. The number of aromatic nitrogens is 2. The summed E-state index contributed by atoms with van der Waals surface area (Å²) in [4.78, 5) is 15.8. The molecule has 0 saturated heterocycles. The maximum absolute atomic E-state index is 5.60. The summed E-state index contributed by atoms with van der Waals surface area (Å²) in [6.45, 7) is 9.22. The molecule has 0 amide bonds. The van der Waals surface area contributed by atoms with Gasteiger partial charge in [0.05, 0.1) is 22.8 Å². The molecule has 2 aliphatic carbocycles. The Balaban J connectivity index is 0.890. The minimum atomic E-state index is -0.349. The fourth-order valence-electron chi connectivity index (χ4n) is 10.6. The number of nitrogens with zero attached hydrogens (tertiary/aromatic N) is 4. The van der Waals surface area contributed by atoms with Gasteiger partial charge in [0.15, 0.2) is 0 Å². The van der Waals surface area contributed by atoms with Crippen molar-refractivity contribution in [2.75, 3.05) is 9.80 Å². The Kier molecular flexibility index (Phi) is 9.15. The number of rotatable bonds is 8. The fraction of sp³-hybridized carbons (Fsp3) is 0.0968. The molecule has 0 atom stereocenters. The molecule has 2 aliphatic rings. The van der Waals surface area contributed by atoms with Crippen molar-refractivity contribution in [2.45, 2.75) is 38.5 Å². The quantitative estimate of drug-likeness (QED) is 0.152. The molecule has 0 fully saturated rings. The molecule has 0 aliphatic heterocycles. The highest BCUT2D eigenvalue weighted by molar-refractivity contribution is 6.05. The van der Waals surface area contributed by atoms with Gasteiger partial charge in [0.1, 0.15) is 0 Å². The minimum Gasteiger partial charge on any atom is -0.311 e. The van der Waals surface area contributed by atoms with E-state index in [4.69, 9.17) is 9.97 Å². The molecule has 12 rings (SSSR count). The van der Waals surface area contributed by atoms with Gasteiger partial charge >= 0.3 is 0 Å². The van der Waals surface area contributed by atoms with Crippen LogP contribution in [0, 0.1) is 0 Å². The van der Waals surface area contributed by atoms with Crippen LogP contribution in [0.1, 0.15) is 50.2 Å². The highest BCUT2D eigenvalue weighted by Crippen LogP contribution is 2.54. The zero-order valence-corrected chi connectivity index (χ0v) is 37.6. The third-order valence-corrected chi connectivity index (χ3v) is 13.9. The first-order valence-electron chi connectivity index (χ1n) is 22.9. The van der Waals surface area contributed by atoms with Crippen molar-refractivity contribution in [1.82, 2.24) is 9.97 Å². The Bertz CT molecular complexity index is 3370. The molecule has 0 N–H and O–H groups in total. The largest absolute Gasteiger partial charge is 0.311 e. The van der Waals surface area contributed by atoms with Crippen LogP contribution in [0.15, 0.2) is 218 Å². The SMILES string of the molecule is CC1(C)c2cc(-c3ccc(-c4ccc(N(c5ccccc5)c5ccccc5)cc4)c4ccccc34)ccc2-c2nc3c(nc21)-c1ccc(N(c2ccccc2)c2ccccc2)cc1C3(C)C. The summed E-state index contributed by atoms with van der Waals surface area (Å²) in [7, 11) is 0. The van der Waals surface area contributed by atoms with E-state index in [9.17, 15) is 0 Å². The molecule has 0 unspecified atom stereocenters. The summed E-state index contributed by atoms with van der Waals surface area (Å²) in [5.74, 6) is 0. The van der Waals surface area contributed by atoms with E-state index in [1.807, 2.05) is 0 Å². The lowest BCUT2D eigenvalue weighted by molar-refractivity contribution is 0.617. The van der Waals surface area contributed by atoms with Crippen LogP contribution in [0.4, 0.5) is 34.1 Å². The molecular weight excluding hydrogens is 801 g/mol. The first-order valence-corrected chi connectivity index (χ1v) is 22.9. The maximum Gasteiger partial charge on any atom is 0.0933 e. The van der Waals surface area contributed by atoms with Gasteiger partial charge in [0.2, 0.25) is 0 Å². The highest BCUT2D eigenvalue weighted by atomic mass is 15.1. The minimum absolute atomic E-state index is 0.348. The van der Waals surface area contributed by atoms with Crippen LogP contribution in [0.3, 0.4) is 0 Å². The molecule has 66 heavy (non-hydrogen) atoms. The van der Waals surface area contributed by atoms with Crippen LogP contribution in [0.5, 0.6) is 0 Å². The number of benzene rings is 9. The van der Waals surface area contributed by atoms with Crippen LogP contribution in [-0.2, 0) is 10.8 Å². The molecule has 4 nitrogen and oxygen atoms in total. The second kappa shape index (κ2) is 15.3. The average Bonchev–Trinajstić information content (AvgIpc) is 3.72. The van der Waals surface area contributed by atoms with Crippen molar-refractivity contribution in [3.8, 4) is 44.8 Å². The van der Waals surface area contributed by atoms with E-state index in [2.05, 4.69) is 256 Å². The number of hydrogen-bond donors (Lipinski definition) is 0. The Hall–Kier alpha value is -8.08. The fourth-order valence-corrected chi connectivity index (χ4v) is 10.6.